The summed E-state index contributed by atoms with van der Waals surface area (Å²) in [6.07, 6.45) is 2.43. The number of carbonyl (C=O) groups excluding carboxylic acids is 2. The standard InChI is InChI=1S/C16H28N4O3S2/c17-13(9-21)15(23)20-3-1-2-16(11-20)18-12(10-25-16)8-14(22)19-4-6-24-7-5-19/h12-13,18,21H,1-11,17H2/t12-,13+,16?/m1/s1. The van der Waals surface area contributed by atoms with E-state index in [0.717, 1.165) is 43.2 Å². The second-order valence-electron chi connectivity index (χ2n) is 7.00. The number of nitrogens with zero attached hydrogens (tertiary/aromatic N) is 2. The number of carbonyl (C=O) groups is 2. The molecule has 3 heterocycles. The third kappa shape index (κ3) is 4.63. The molecule has 7 nitrogen and oxygen atoms in total. The van der Waals surface area contributed by atoms with Gasteiger partial charge in [-0.05, 0) is 12.8 Å². The second kappa shape index (κ2) is 8.47. The molecule has 25 heavy (non-hydrogen) atoms. The largest absolute Gasteiger partial charge is 0.394 e. The van der Waals surface area contributed by atoms with E-state index in [9.17, 15) is 9.59 Å². The number of nitrogens with one attached hydrogen (secondary N) is 1. The van der Waals surface area contributed by atoms with Gasteiger partial charge in [-0.15, -0.1) is 11.8 Å². The number of piperidine rings is 1. The number of aliphatic hydroxyl groups is 1. The van der Waals surface area contributed by atoms with Gasteiger partial charge in [0.25, 0.3) is 0 Å². The molecule has 2 amide bonds. The summed E-state index contributed by atoms with van der Waals surface area (Å²) >= 11 is 3.72. The van der Waals surface area contributed by atoms with Crippen molar-refractivity contribution >= 4 is 35.3 Å². The minimum atomic E-state index is -0.837. The van der Waals surface area contributed by atoms with Crippen molar-refractivity contribution in [2.24, 2.45) is 5.73 Å². The maximum atomic E-state index is 12.5. The Balaban J connectivity index is 1.53. The van der Waals surface area contributed by atoms with Crippen LogP contribution in [-0.4, -0.2) is 93.7 Å². The molecule has 3 fully saturated rings. The van der Waals surface area contributed by atoms with Crippen LogP contribution in [0.3, 0.4) is 0 Å². The molecule has 0 saturated carbocycles. The van der Waals surface area contributed by atoms with Crippen LogP contribution in [0.15, 0.2) is 0 Å². The van der Waals surface area contributed by atoms with Gasteiger partial charge in [0.05, 0.1) is 11.5 Å². The Morgan fingerprint density at radius 2 is 2.04 bits per heavy atom. The van der Waals surface area contributed by atoms with Crippen LogP contribution in [0.25, 0.3) is 0 Å². The van der Waals surface area contributed by atoms with Gasteiger partial charge in [0.15, 0.2) is 0 Å². The molecule has 0 aromatic heterocycles. The van der Waals surface area contributed by atoms with E-state index in [-0.39, 0.29) is 29.3 Å². The number of hydrogen-bond acceptors (Lipinski definition) is 7. The summed E-state index contributed by atoms with van der Waals surface area (Å²) in [7, 11) is 0. The molecule has 1 unspecified atom stereocenters. The van der Waals surface area contributed by atoms with Crippen LogP contribution in [0.2, 0.25) is 0 Å². The van der Waals surface area contributed by atoms with E-state index in [4.69, 9.17) is 10.8 Å². The van der Waals surface area contributed by atoms with Gasteiger partial charge < -0.3 is 20.6 Å². The molecule has 3 aliphatic heterocycles. The van der Waals surface area contributed by atoms with Crippen molar-refractivity contribution in [1.29, 1.82) is 0 Å². The van der Waals surface area contributed by atoms with Crippen LogP contribution in [0.4, 0.5) is 0 Å². The summed E-state index contributed by atoms with van der Waals surface area (Å²) in [4.78, 5) is 28.3. The lowest BCUT2D eigenvalue weighted by Gasteiger charge is -2.41. The van der Waals surface area contributed by atoms with Crippen LogP contribution in [-0.2, 0) is 9.59 Å². The van der Waals surface area contributed by atoms with Gasteiger partial charge in [-0.2, -0.15) is 11.8 Å². The highest BCUT2D eigenvalue weighted by Crippen LogP contribution is 2.38. The van der Waals surface area contributed by atoms with E-state index >= 15 is 0 Å². The van der Waals surface area contributed by atoms with Crippen molar-refractivity contribution in [2.45, 2.75) is 36.2 Å². The molecule has 9 heteroatoms. The first kappa shape index (κ1) is 19.3. The molecule has 3 atom stereocenters. The fourth-order valence-corrected chi connectivity index (χ4v) is 6.15. The SMILES string of the molecule is N[C@@H](CO)C(=O)N1CCCC2(C1)N[C@H](CC(=O)N1CCSCC1)CS2. The number of thioether (sulfide) groups is 2. The summed E-state index contributed by atoms with van der Waals surface area (Å²) in [5.74, 6) is 3.01. The number of nitrogens with two attached hydrogens (primary N) is 1. The van der Waals surface area contributed by atoms with Gasteiger partial charge >= 0.3 is 0 Å². The van der Waals surface area contributed by atoms with Crippen molar-refractivity contribution in [3.8, 4) is 0 Å². The smallest absolute Gasteiger partial charge is 0.241 e. The maximum absolute atomic E-state index is 12.5. The maximum Gasteiger partial charge on any atom is 0.241 e. The third-order valence-electron chi connectivity index (χ3n) is 5.09. The normalized spacial score (nSPS) is 31.4. The van der Waals surface area contributed by atoms with Gasteiger partial charge in [-0.25, -0.2) is 0 Å². The minimum absolute atomic E-state index is 0.161. The molecule has 3 rings (SSSR count). The van der Waals surface area contributed by atoms with Gasteiger partial charge in [-0.1, -0.05) is 0 Å². The van der Waals surface area contributed by atoms with Crippen molar-refractivity contribution < 1.29 is 14.7 Å². The summed E-state index contributed by atoms with van der Waals surface area (Å²) in [5.41, 5.74) is 5.69. The van der Waals surface area contributed by atoms with E-state index in [2.05, 4.69) is 5.32 Å². The van der Waals surface area contributed by atoms with Crippen molar-refractivity contribution in [1.82, 2.24) is 15.1 Å². The third-order valence-corrected chi connectivity index (χ3v) is 7.61. The van der Waals surface area contributed by atoms with Crippen LogP contribution in [0.1, 0.15) is 19.3 Å². The summed E-state index contributed by atoms with van der Waals surface area (Å²) in [6, 6.07) is -0.676. The molecule has 0 aromatic rings. The van der Waals surface area contributed by atoms with E-state index in [1.54, 1.807) is 4.90 Å². The van der Waals surface area contributed by atoms with Gasteiger partial charge in [0, 0.05) is 55.9 Å². The van der Waals surface area contributed by atoms with Crippen molar-refractivity contribution in [3.05, 3.63) is 0 Å². The average molecular weight is 389 g/mol. The lowest BCUT2D eigenvalue weighted by Crippen LogP contribution is -2.58. The monoisotopic (exact) mass is 388 g/mol. The van der Waals surface area contributed by atoms with Gasteiger partial charge in [-0.3, -0.25) is 14.9 Å². The molecular formula is C16H28N4O3S2. The molecule has 142 valence electrons. The summed E-state index contributed by atoms with van der Waals surface area (Å²) in [6.45, 7) is 2.67. The Hall–Kier alpha value is -0.480. The van der Waals surface area contributed by atoms with Crippen molar-refractivity contribution in [3.63, 3.8) is 0 Å². The van der Waals surface area contributed by atoms with E-state index < -0.39 is 6.04 Å². The van der Waals surface area contributed by atoms with Crippen LogP contribution >= 0.6 is 23.5 Å². The first-order valence-electron chi connectivity index (χ1n) is 8.95. The molecule has 0 aromatic carbocycles. The molecule has 0 aliphatic carbocycles. The molecule has 1 spiro atoms. The predicted octanol–water partition coefficient (Wildman–Crippen LogP) is -0.705. The zero-order chi connectivity index (χ0) is 17.9. The zero-order valence-corrected chi connectivity index (χ0v) is 16.1. The molecule has 3 saturated heterocycles. The Morgan fingerprint density at radius 1 is 1.28 bits per heavy atom. The Labute approximate surface area is 157 Å². The number of rotatable bonds is 4. The van der Waals surface area contributed by atoms with E-state index in [1.807, 2.05) is 28.4 Å². The lowest BCUT2D eigenvalue weighted by molar-refractivity contribution is -0.135. The molecule has 4 N–H and O–H groups in total. The fraction of sp³-hybridized carbons (Fsp3) is 0.875. The highest BCUT2D eigenvalue weighted by Gasteiger charge is 2.44. The first-order valence-corrected chi connectivity index (χ1v) is 11.1. The lowest BCUT2D eigenvalue weighted by atomic mass is 10.0. The highest BCUT2D eigenvalue weighted by molar-refractivity contribution is 8.01. The predicted molar refractivity (Wildman–Crippen MR) is 102 cm³/mol. The summed E-state index contributed by atoms with van der Waals surface area (Å²) in [5, 5.41) is 12.8. The number of likely N-dealkylation sites (tertiary alicyclic amines) is 1. The molecule has 0 radical (unpaired) electrons. The van der Waals surface area contributed by atoms with E-state index in [0.29, 0.717) is 19.5 Å². The fourth-order valence-electron chi connectivity index (χ4n) is 3.74. The van der Waals surface area contributed by atoms with Crippen molar-refractivity contribution in [2.75, 3.05) is 50.0 Å². The summed E-state index contributed by atoms with van der Waals surface area (Å²) < 4.78 is 0. The number of aliphatic hydroxyl groups excluding tert-OH is 1. The van der Waals surface area contributed by atoms with Gasteiger partial charge in [0.2, 0.25) is 11.8 Å². The molecule has 0 bridgehead atoms. The molecule has 3 aliphatic rings. The number of amides is 2. The first-order chi connectivity index (χ1) is 12.0. The Morgan fingerprint density at radius 3 is 2.76 bits per heavy atom. The zero-order valence-electron chi connectivity index (χ0n) is 14.5. The van der Waals surface area contributed by atoms with Crippen LogP contribution in [0, 0.1) is 0 Å². The quantitative estimate of drug-likeness (QED) is 0.585. The Kier molecular flexibility index (Phi) is 6.54. The minimum Gasteiger partial charge on any atom is -0.394 e. The second-order valence-corrected chi connectivity index (χ2v) is 9.62. The topological polar surface area (TPSA) is 98.9 Å². The van der Waals surface area contributed by atoms with Crippen LogP contribution in [0.5, 0.6) is 0 Å². The van der Waals surface area contributed by atoms with Gasteiger partial charge in [0.1, 0.15) is 6.04 Å². The number of hydrogen-bond donors (Lipinski definition) is 3. The van der Waals surface area contributed by atoms with Crippen LogP contribution < -0.4 is 11.1 Å². The Bertz CT molecular complexity index is 504. The highest BCUT2D eigenvalue weighted by atomic mass is 32.2. The van der Waals surface area contributed by atoms with E-state index in [1.165, 1.54) is 0 Å². The average Bonchev–Trinajstić information content (AvgIpc) is 3.02. The molecular weight excluding hydrogens is 360 g/mol.